The zero-order chi connectivity index (χ0) is 12.6. The number of benzene rings is 1. The zero-order valence-electron chi connectivity index (χ0n) is 9.34. The molecular weight excluding hydrogens is 260 g/mol. The Labute approximate surface area is 106 Å². The second-order valence-corrected chi connectivity index (χ2v) is 7.09. The van der Waals surface area contributed by atoms with E-state index in [9.17, 15) is 13.2 Å². The van der Waals surface area contributed by atoms with Crippen LogP contribution in [0.1, 0.15) is 18.4 Å². The van der Waals surface area contributed by atoms with Crippen molar-refractivity contribution in [1.82, 2.24) is 0 Å². The Morgan fingerprint density at radius 2 is 2.12 bits per heavy atom. The van der Waals surface area contributed by atoms with Gasteiger partial charge in [0, 0.05) is 22.6 Å². The van der Waals surface area contributed by atoms with E-state index in [-0.39, 0.29) is 11.7 Å². The molecule has 2 rings (SSSR count). The third-order valence-electron chi connectivity index (χ3n) is 3.21. The molecule has 1 saturated carbocycles. The minimum atomic E-state index is -3.17. The fourth-order valence-corrected chi connectivity index (χ4v) is 4.24. The van der Waals surface area contributed by atoms with Crippen molar-refractivity contribution in [2.45, 2.75) is 18.1 Å². The maximum atomic E-state index is 11.8. The van der Waals surface area contributed by atoms with Crippen LogP contribution in [0.5, 0.6) is 0 Å². The molecule has 5 heteroatoms. The average molecular weight is 273 g/mol. The molecule has 1 fully saturated rings. The molecule has 0 spiro atoms. The number of rotatable bonds is 4. The molecule has 3 atom stereocenters. The van der Waals surface area contributed by atoms with Crippen molar-refractivity contribution < 1.29 is 13.2 Å². The van der Waals surface area contributed by atoms with Crippen LogP contribution in [0, 0.1) is 5.92 Å². The van der Waals surface area contributed by atoms with Crippen molar-refractivity contribution >= 4 is 27.7 Å². The van der Waals surface area contributed by atoms with Crippen LogP contribution in [0.15, 0.2) is 24.3 Å². The number of carbonyl (C=O) groups excluding carboxylic acids is 1. The quantitative estimate of drug-likeness (QED) is 0.789. The lowest BCUT2D eigenvalue weighted by Gasteiger charge is -2.01. The van der Waals surface area contributed by atoms with Crippen molar-refractivity contribution in [3.05, 3.63) is 34.9 Å². The zero-order valence-corrected chi connectivity index (χ0v) is 10.9. The Morgan fingerprint density at radius 3 is 2.65 bits per heavy atom. The maximum Gasteiger partial charge on any atom is 0.154 e. The molecule has 0 amide bonds. The first-order valence-electron chi connectivity index (χ1n) is 5.43. The van der Waals surface area contributed by atoms with Gasteiger partial charge in [-0.05, 0) is 17.7 Å². The first-order valence-corrected chi connectivity index (χ1v) is 7.53. The largest absolute Gasteiger partial charge is 0.303 e. The van der Waals surface area contributed by atoms with E-state index in [4.69, 9.17) is 11.6 Å². The van der Waals surface area contributed by atoms with Crippen molar-refractivity contribution in [3.8, 4) is 0 Å². The van der Waals surface area contributed by atoms with Gasteiger partial charge < -0.3 is 4.79 Å². The molecule has 0 aliphatic heterocycles. The van der Waals surface area contributed by atoms with Gasteiger partial charge in [0.25, 0.3) is 0 Å². The molecule has 0 N–H and O–H groups in total. The molecular formula is C12H13ClO3S. The number of sulfone groups is 1. The van der Waals surface area contributed by atoms with Gasteiger partial charge in [-0.25, -0.2) is 8.42 Å². The van der Waals surface area contributed by atoms with Crippen molar-refractivity contribution in [2.24, 2.45) is 5.92 Å². The van der Waals surface area contributed by atoms with Crippen molar-refractivity contribution in [2.75, 3.05) is 5.75 Å². The highest BCUT2D eigenvalue weighted by atomic mass is 35.5. The third kappa shape index (κ3) is 2.24. The molecule has 92 valence electrons. The second-order valence-electron chi connectivity index (χ2n) is 4.21. The highest BCUT2D eigenvalue weighted by Crippen LogP contribution is 2.51. The molecule has 0 unspecified atom stereocenters. The molecule has 0 aromatic heterocycles. The molecule has 0 saturated heterocycles. The SMILES string of the molecule is CCS(=O)(=O)[C@@H]1[C@@H](C=O)[C@@H]1c1cccc(Cl)c1. The van der Waals surface area contributed by atoms with Gasteiger partial charge in [-0.3, -0.25) is 0 Å². The van der Waals surface area contributed by atoms with Crippen molar-refractivity contribution in [3.63, 3.8) is 0 Å². The Kier molecular flexibility index (Phi) is 3.27. The smallest absolute Gasteiger partial charge is 0.154 e. The van der Waals surface area contributed by atoms with Crippen LogP contribution in [0.2, 0.25) is 5.02 Å². The molecule has 1 aromatic rings. The molecule has 1 aromatic carbocycles. The fourth-order valence-electron chi connectivity index (χ4n) is 2.25. The lowest BCUT2D eigenvalue weighted by molar-refractivity contribution is -0.108. The fraction of sp³-hybridized carbons (Fsp3) is 0.417. The van der Waals surface area contributed by atoms with Gasteiger partial charge in [-0.2, -0.15) is 0 Å². The van der Waals surface area contributed by atoms with E-state index in [1.165, 1.54) is 0 Å². The predicted octanol–water partition coefficient (Wildman–Crippen LogP) is 2.06. The van der Waals surface area contributed by atoms with Gasteiger partial charge in [-0.1, -0.05) is 30.7 Å². The maximum absolute atomic E-state index is 11.8. The van der Waals surface area contributed by atoms with Gasteiger partial charge in [0.05, 0.1) is 5.25 Å². The van der Waals surface area contributed by atoms with E-state index in [2.05, 4.69) is 0 Å². The van der Waals surface area contributed by atoms with Crippen LogP contribution in [0.25, 0.3) is 0 Å². The molecule has 1 aliphatic rings. The van der Waals surface area contributed by atoms with E-state index >= 15 is 0 Å². The van der Waals surface area contributed by atoms with E-state index in [0.717, 1.165) is 11.8 Å². The van der Waals surface area contributed by atoms with Crippen LogP contribution in [0.3, 0.4) is 0 Å². The number of hydrogen-bond donors (Lipinski definition) is 0. The average Bonchev–Trinajstić information content (AvgIpc) is 3.04. The van der Waals surface area contributed by atoms with Crippen LogP contribution >= 0.6 is 11.6 Å². The van der Waals surface area contributed by atoms with Gasteiger partial charge in [0.2, 0.25) is 0 Å². The second kappa shape index (κ2) is 4.42. The minimum Gasteiger partial charge on any atom is -0.303 e. The van der Waals surface area contributed by atoms with Crippen LogP contribution in [0.4, 0.5) is 0 Å². The number of aldehydes is 1. The molecule has 17 heavy (non-hydrogen) atoms. The summed E-state index contributed by atoms with van der Waals surface area (Å²) in [6.45, 7) is 1.60. The third-order valence-corrected chi connectivity index (χ3v) is 5.69. The first-order chi connectivity index (χ1) is 8.01. The van der Waals surface area contributed by atoms with Crippen LogP contribution in [-0.4, -0.2) is 25.7 Å². The van der Waals surface area contributed by atoms with E-state index in [0.29, 0.717) is 5.02 Å². The van der Waals surface area contributed by atoms with E-state index < -0.39 is 21.0 Å². The molecule has 0 radical (unpaired) electrons. The lowest BCUT2D eigenvalue weighted by Crippen LogP contribution is -2.12. The number of hydrogen-bond acceptors (Lipinski definition) is 3. The number of halogens is 1. The summed E-state index contributed by atoms with van der Waals surface area (Å²) >= 11 is 5.87. The molecule has 0 heterocycles. The molecule has 0 bridgehead atoms. The highest BCUT2D eigenvalue weighted by Gasteiger charge is 2.57. The van der Waals surface area contributed by atoms with Gasteiger partial charge in [0.1, 0.15) is 6.29 Å². The molecule has 3 nitrogen and oxygen atoms in total. The summed E-state index contributed by atoms with van der Waals surface area (Å²) < 4.78 is 23.6. The monoisotopic (exact) mass is 272 g/mol. The minimum absolute atomic E-state index is 0.0685. The van der Waals surface area contributed by atoms with E-state index in [1.54, 1.807) is 25.1 Å². The summed E-state index contributed by atoms with van der Waals surface area (Å²) in [6.07, 6.45) is 0.740. The predicted molar refractivity (Wildman–Crippen MR) is 67.0 cm³/mol. The standard InChI is InChI=1S/C12H13ClO3S/c1-2-17(15,16)12-10(7-14)11(12)8-4-3-5-9(13)6-8/h3-7,10-12H,2H2,1H3/t10-,11-,12+/m0/s1. The summed E-state index contributed by atoms with van der Waals surface area (Å²) in [5, 5.41) is -0.00448. The Hall–Kier alpha value is -0.870. The van der Waals surface area contributed by atoms with Crippen LogP contribution < -0.4 is 0 Å². The summed E-state index contributed by atoms with van der Waals surface area (Å²) in [5.41, 5.74) is 0.830. The lowest BCUT2D eigenvalue weighted by atomic mass is 10.1. The molecule has 1 aliphatic carbocycles. The summed E-state index contributed by atoms with van der Waals surface area (Å²) in [5.74, 6) is -0.575. The highest BCUT2D eigenvalue weighted by molar-refractivity contribution is 7.92. The summed E-state index contributed by atoms with van der Waals surface area (Å²) in [7, 11) is -3.17. The van der Waals surface area contributed by atoms with Gasteiger partial charge in [0.15, 0.2) is 9.84 Å². The number of carbonyl (C=O) groups is 1. The van der Waals surface area contributed by atoms with Crippen molar-refractivity contribution in [1.29, 1.82) is 0 Å². The normalized spacial score (nSPS) is 27.8. The van der Waals surface area contributed by atoms with Crippen LogP contribution in [-0.2, 0) is 14.6 Å². The summed E-state index contributed by atoms with van der Waals surface area (Å²) in [6, 6.07) is 7.05. The Bertz CT molecular complexity index is 538. The van der Waals surface area contributed by atoms with Gasteiger partial charge >= 0.3 is 0 Å². The Balaban J connectivity index is 2.33. The van der Waals surface area contributed by atoms with Gasteiger partial charge in [-0.15, -0.1) is 0 Å². The Morgan fingerprint density at radius 1 is 1.41 bits per heavy atom. The summed E-state index contributed by atoms with van der Waals surface area (Å²) in [4.78, 5) is 10.9. The first kappa shape index (κ1) is 12.6. The topological polar surface area (TPSA) is 51.2 Å². The van der Waals surface area contributed by atoms with E-state index in [1.807, 2.05) is 6.07 Å².